The number of rotatable bonds is 5. The zero-order chi connectivity index (χ0) is 17.7. The molecule has 0 atom stereocenters. The van der Waals surface area contributed by atoms with E-state index in [4.69, 9.17) is 14.2 Å². The number of esters is 2. The van der Waals surface area contributed by atoms with Gasteiger partial charge in [-0.05, 0) is 6.42 Å². The summed E-state index contributed by atoms with van der Waals surface area (Å²) in [4.78, 5) is 29.7. The molecule has 1 spiro atoms. The molecule has 3 rings (SSSR count). The van der Waals surface area contributed by atoms with E-state index in [1.807, 2.05) is 0 Å². The average molecular weight is 347 g/mol. The summed E-state index contributed by atoms with van der Waals surface area (Å²) >= 11 is 0. The predicted octanol–water partition coefficient (Wildman–Crippen LogP) is 0.980. The largest absolute Gasteiger partial charge is 0.492 e. The van der Waals surface area contributed by atoms with E-state index in [-0.39, 0.29) is 6.54 Å². The number of unbranched alkanes of at least 4 members (excludes halogenated alkanes) is 1. The van der Waals surface area contributed by atoms with E-state index < -0.39 is 17.8 Å². The van der Waals surface area contributed by atoms with Gasteiger partial charge in [0, 0.05) is 31.3 Å². The van der Waals surface area contributed by atoms with Crippen molar-refractivity contribution in [1.82, 2.24) is 10.3 Å². The van der Waals surface area contributed by atoms with Crippen LogP contribution in [0.15, 0.2) is 30.6 Å². The van der Waals surface area contributed by atoms with Crippen LogP contribution in [0.2, 0.25) is 0 Å². The van der Waals surface area contributed by atoms with E-state index in [9.17, 15) is 9.59 Å². The van der Waals surface area contributed by atoms with Crippen LogP contribution in [0.4, 0.5) is 5.69 Å². The average Bonchev–Trinajstić information content (AvgIpc) is 2.74. The first-order valence-electron chi connectivity index (χ1n) is 8.33. The molecular weight excluding hydrogens is 326 g/mol. The second-order valence-electron chi connectivity index (χ2n) is 5.80. The molecule has 1 fully saturated rings. The van der Waals surface area contributed by atoms with Gasteiger partial charge < -0.3 is 19.5 Å². The number of hydrogen-bond acceptors (Lipinski definition) is 8. The lowest BCUT2D eigenvalue weighted by Gasteiger charge is -2.44. The number of hydrogen-bond donors (Lipinski definition) is 1. The Bertz CT molecular complexity index is 656. The zero-order valence-electron chi connectivity index (χ0n) is 14.1. The van der Waals surface area contributed by atoms with Gasteiger partial charge in [-0.15, -0.1) is 0 Å². The Kier molecular flexibility index (Phi) is 5.18. The molecule has 1 aromatic rings. The van der Waals surface area contributed by atoms with Crippen molar-refractivity contribution in [2.45, 2.75) is 25.7 Å². The Morgan fingerprint density at radius 1 is 1.28 bits per heavy atom. The van der Waals surface area contributed by atoms with Crippen LogP contribution >= 0.6 is 0 Å². The Morgan fingerprint density at radius 2 is 2.04 bits per heavy atom. The van der Waals surface area contributed by atoms with E-state index in [0.29, 0.717) is 31.1 Å². The molecule has 1 N–H and O–H groups in total. The molecule has 25 heavy (non-hydrogen) atoms. The maximum Gasteiger partial charge on any atom is 0.356 e. The van der Waals surface area contributed by atoms with E-state index in [1.54, 1.807) is 23.4 Å². The minimum Gasteiger partial charge on any atom is -0.492 e. The quantitative estimate of drug-likeness (QED) is 0.623. The fraction of sp³-hybridized carbons (Fsp3) is 0.471. The molecule has 1 saturated heterocycles. The van der Waals surface area contributed by atoms with Crippen molar-refractivity contribution in [3.63, 3.8) is 0 Å². The van der Waals surface area contributed by atoms with E-state index in [1.165, 1.54) is 0 Å². The Labute approximate surface area is 145 Å². The number of carbonyl (C=O) groups is 2. The van der Waals surface area contributed by atoms with Crippen molar-refractivity contribution in [3.8, 4) is 5.75 Å². The van der Waals surface area contributed by atoms with Gasteiger partial charge in [0.15, 0.2) is 0 Å². The predicted molar refractivity (Wildman–Crippen MR) is 88.9 cm³/mol. The molecule has 2 aliphatic heterocycles. The smallest absolute Gasteiger partial charge is 0.356 e. The third-order valence-electron chi connectivity index (χ3n) is 3.92. The van der Waals surface area contributed by atoms with Gasteiger partial charge in [-0.2, -0.15) is 0 Å². The van der Waals surface area contributed by atoms with Crippen molar-refractivity contribution in [2.24, 2.45) is 0 Å². The molecular formula is C17H21N3O5. The van der Waals surface area contributed by atoms with Gasteiger partial charge in [-0.25, -0.2) is 9.59 Å². The lowest BCUT2D eigenvalue weighted by atomic mass is 10.2. The minimum atomic E-state index is -1.54. The fourth-order valence-electron chi connectivity index (χ4n) is 2.72. The van der Waals surface area contributed by atoms with Crippen LogP contribution in [0.5, 0.6) is 5.75 Å². The highest BCUT2D eigenvalue weighted by Gasteiger charge is 2.48. The topological polar surface area (TPSA) is 90.0 Å². The molecule has 3 heterocycles. The Hall–Kier alpha value is -2.61. The van der Waals surface area contributed by atoms with Crippen molar-refractivity contribution in [3.05, 3.63) is 30.6 Å². The summed E-state index contributed by atoms with van der Waals surface area (Å²) in [5.41, 5.74) is 0.651. The molecule has 0 unspecified atom stereocenters. The second kappa shape index (κ2) is 7.52. The van der Waals surface area contributed by atoms with Crippen molar-refractivity contribution in [2.75, 3.05) is 31.1 Å². The fourth-order valence-corrected chi connectivity index (χ4v) is 2.72. The molecule has 0 bridgehead atoms. The molecule has 0 saturated carbocycles. The molecule has 1 aromatic heterocycles. The molecule has 8 nitrogen and oxygen atoms in total. The van der Waals surface area contributed by atoms with Gasteiger partial charge in [0.05, 0.1) is 31.2 Å². The summed E-state index contributed by atoms with van der Waals surface area (Å²) in [5, 5.41) is 3.09. The van der Waals surface area contributed by atoms with Gasteiger partial charge in [0.25, 0.3) is 0 Å². The van der Waals surface area contributed by atoms with Crippen LogP contribution in [0, 0.1) is 0 Å². The molecule has 0 aromatic carbocycles. The summed E-state index contributed by atoms with van der Waals surface area (Å²) in [6.45, 7) is 3.96. The first-order chi connectivity index (χ1) is 12.1. The van der Waals surface area contributed by atoms with Crippen molar-refractivity contribution in [1.29, 1.82) is 0 Å². The number of anilines is 1. The Morgan fingerprint density at radius 3 is 2.76 bits per heavy atom. The lowest BCUT2D eigenvalue weighted by Crippen LogP contribution is -2.65. The molecule has 0 radical (unpaired) electrons. The van der Waals surface area contributed by atoms with E-state index >= 15 is 0 Å². The summed E-state index contributed by atoms with van der Waals surface area (Å²) < 4.78 is 16.6. The maximum absolute atomic E-state index is 11.9. The SMILES string of the molecule is CCCCOc1cncc(N2CCNCC23OC(=O)C=CC(=O)O3)c1. The number of nitrogens with one attached hydrogen (secondary N) is 1. The van der Waals surface area contributed by atoms with Gasteiger partial charge in [0.1, 0.15) is 5.75 Å². The molecule has 2 aliphatic rings. The monoisotopic (exact) mass is 347 g/mol. The normalized spacial score (nSPS) is 19.3. The number of aromatic nitrogens is 1. The van der Waals surface area contributed by atoms with Crippen molar-refractivity contribution < 1.29 is 23.8 Å². The Balaban J connectivity index is 1.87. The summed E-state index contributed by atoms with van der Waals surface area (Å²) in [6, 6.07) is 1.80. The van der Waals surface area contributed by atoms with Crippen LogP contribution < -0.4 is 15.0 Å². The first-order valence-corrected chi connectivity index (χ1v) is 8.33. The van der Waals surface area contributed by atoms with Crippen LogP contribution in [-0.4, -0.2) is 49.1 Å². The van der Waals surface area contributed by atoms with Crippen LogP contribution in [0.1, 0.15) is 19.8 Å². The molecule has 8 heteroatoms. The first kappa shape index (κ1) is 17.2. The number of carbonyl (C=O) groups excluding carboxylic acids is 2. The van der Waals surface area contributed by atoms with Gasteiger partial charge in [-0.3, -0.25) is 9.88 Å². The minimum absolute atomic E-state index is 0.160. The van der Waals surface area contributed by atoms with Gasteiger partial charge in [-0.1, -0.05) is 13.3 Å². The highest BCUT2D eigenvalue weighted by molar-refractivity contribution is 5.93. The number of ether oxygens (including phenoxy) is 3. The van der Waals surface area contributed by atoms with Crippen LogP contribution in [0.25, 0.3) is 0 Å². The number of pyridine rings is 1. The summed E-state index contributed by atoms with van der Waals surface area (Å²) in [6.07, 6.45) is 7.36. The van der Waals surface area contributed by atoms with Crippen LogP contribution in [0.3, 0.4) is 0 Å². The molecule has 0 amide bonds. The van der Waals surface area contributed by atoms with E-state index in [2.05, 4.69) is 17.2 Å². The highest BCUT2D eigenvalue weighted by atomic mass is 16.8. The third kappa shape index (κ3) is 3.90. The highest BCUT2D eigenvalue weighted by Crippen LogP contribution is 2.31. The zero-order valence-corrected chi connectivity index (χ0v) is 14.1. The lowest BCUT2D eigenvalue weighted by molar-refractivity contribution is -0.221. The third-order valence-corrected chi connectivity index (χ3v) is 3.92. The van der Waals surface area contributed by atoms with E-state index in [0.717, 1.165) is 25.0 Å². The molecule has 0 aliphatic carbocycles. The summed E-state index contributed by atoms with van der Waals surface area (Å²) in [5.74, 6) is -2.20. The standard InChI is InChI=1S/C17H21N3O5/c1-2-3-8-23-14-9-13(10-19-11-14)20-7-6-18-12-17(20)24-15(21)4-5-16(22)25-17/h4-5,9-11,18H,2-3,6-8,12H2,1H3. The maximum atomic E-state index is 11.9. The number of piperazine rings is 1. The molecule has 134 valence electrons. The number of nitrogens with zero attached hydrogens (tertiary/aromatic N) is 2. The van der Waals surface area contributed by atoms with Crippen molar-refractivity contribution >= 4 is 17.6 Å². The van der Waals surface area contributed by atoms with Crippen LogP contribution in [-0.2, 0) is 19.1 Å². The summed E-state index contributed by atoms with van der Waals surface area (Å²) in [7, 11) is 0. The van der Waals surface area contributed by atoms with Gasteiger partial charge >= 0.3 is 17.8 Å². The van der Waals surface area contributed by atoms with Gasteiger partial charge in [0.2, 0.25) is 0 Å². The second-order valence-corrected chi connectivity index (χ2v) is 5.80.